The van der Waals surface area contributed by atoms with E-state index in [0.29, 0.717) is 13.2 Å². The molecule has 1 aliphatic rings. The van der Waals surface area contributed by atoms with Gasteiger partial charge in [-0.25, -0.2) is 4.99 Å². The molecule has 0 atom stereocenters. The minimum atomic E-state index is -0.0756. The summed E-state index contributed by atoms with van der Waals surface area (Å²) in [5, 5.41) is 3.41. The van der Waals surface area contributed by atoms with Crippen LogP contribution in [0.4, 0.5) is 0 Å². The minimum absolute atomic E-state index is 0.00158. The van der Waals surface area contributed by atoms with Crippen molar-refractivity contribution in [2.45, 2.75) is 33.1 Å². The van der Waals surface area contributed by atoms with Crippen LogP contribution in [0.15, 0.2) is 40.0 Å². The quantitative estimate of drug-likeness (QED) is 0.355. The topological polar surface area (TPSA) is 67.1 Å². The van der Waals surface area contributed by atoms with E-state index < -0.39 is 0 Å². The number of hydrogen-bond donors (Lipinski definition) is 1. The minimum Gasteiger partial charge on any atom is -0.469 e. The summed E-state index contributed by atoms with van der Waals surface area (Å²) in [5.74, 6) is 1.75. The van der Waals surface area contributed by atoms with Crippen molar-refractivity contribution >= 4 is 11.9 Å². The Hall–Kier alpha value is -2.24. The maximum absolute atomic E-state index is 11.9. The van der Waals surface area contributed by atoms with Crippen LogP contribution in [0.3, 0.4) is 0 Å². The van der Waals surface area contributed by atoms with Gasteiger partial charge in [0.05, 0.1) is 25.3 Å². The zero-order chi connectivity index (χ0) is 18.1. The van der Waals surface area contributed by atoms with Gasteiger partial charge >= 0.3 is 5.97 Å². The highest BCUT2D eigenvalue weighted by Gasteiger charge is 2.27. The first-order chi connectivity index (χ1) is 12.1. The summed E-state index contributed by atoms with van der Waals surface area (Å²) in [7, 11) is 0. The van der Waals surface area contributed by atoms with Gasteiger partial charge in [-0.15, -0.1) is 0 Å². The second kappa shape index (κ2) is 9.91. The summed E-state index contributed by atoms with van der Waals surface area (Å²) in [4.78, 5) is 18.8. The number of hydrogen-bond acceptors (Lipinski definition) is 4. The molecule has 2 heterocycles. The number of likely N-dealkylation sites (tertiary alicyclic amines) is 1. The van der Waals surface area contributed by atoms with E-state index in [-0.39, 0.29) is 11.9 Å². The number of carbonyl (C=O) groups excluding carboxylic acids is 1. The summed E-state index contributed by atoms with van der Waals surface area (Å²) >= 11 is 0. The number of furan rings is 1. The number of aliphatic imine (C=N–C) groups is 1. The van der Waals surface area contributed by atoms with Gasteiger partial charge in [-0.05, 0) is 38.8 Å². The Morgan fingerprint density at radius 2 is 2.24 bits per heavy atom. The van der Waals surface area contributed by atoms with Crippen LogP contribution < -0.4 is 5.32 Å². The van der Waals surface area contributed by atoms with Gasteiger partial charge in [-0.2, -0.15) is 0 Å². The van der Waals surface area contributed by atoms with Crippen LogP contribution in [0.2, 0.25) is 0 Å². The summed E-state index contributed by atoms with van der Waals surface area (Å²) in [6.45, 7) is 11.1. The molecule has 2 rings (SSSR count). The van der Waals surface area contributed by atoms with E-state index in [1.807, 2.05) is 26.0 Å². The Bertz CT molecular complexity index is 573. The van der Waals surface area contributed by atoms with Crippen molar-refractivity contribution < 1.29 is 13.9 Å². The smallest absolute Gasteiger partial charge is 0.309 e. The van der Waals surface area contributed by atoms with Gasteiger partial charge in [0.15, 0.2) is 5.96 Å². The molecule has 1 aromatic heterocycles. The van der Waals surface area contributed by atoms with Crippen LogP contribution in [0.1, 0.15) is 32.4 Å². The first-order valence-electron chi connectivity index (χ1n) is 8.96. The predicted octanol–water partition coefficient (Wildman–Crippen LogP) is 2.62. The second-order valence-corrected chi connectivity index (χ2v) is 6.37. The summed E-state index contributed by atoms with van der Waals surface area (Å²) in [5.41, 5.74) is 1.02. The lowest BCUT2D eigenvalue weighted by Gasteiger charge is -2.33. The monoisotopic (exact) mass is 347 g/mol. The van der Waals surface area contributed by atoms with Crippen molar-refractivity contribution in [1.82, 2.24) is 10.2 Å². The molecule has 1 N–H and O–H groups in total. The Morgan fingerprint density at radius 1 is 1.48 bits per heavy atom. The van der Waals surface area contributed by atoms with Crippen LogP contribution in [-0.4, -0.2) is 49.6 Å². The van der Waals surface area contributed by atoms with Gasteiger partial charge in [0.1, 0.15) is 5.76 Å². The van der Waals surface area contributed by atoms with E-state index in [1.165, 1.54) is 0 Å². The van der Waals surface area contributed by atoms with Crippen LogP contribution in [0, 0.1) is 5.92 Å². The van der Waals surface area contributed by atoms with E-state index in [4.69, 9.17) is 9.15 Å². The number of nitrogens with one attached hydrogen (secondary N) is 1. The third kappa shape index (κ3) is 6.29. The van der Waals surface area contributed by atoms with Gasteiger partial charge in [0.2, 0.25) is 0 Å². The van der Waals surface area contributed by atoms with Crippen LogP contribution >= 0.6 is 0 Å². The number of rotatable bonds is 7. The lowest BCUT2D eigenvalue weighted by Crippen LogP contribution is -2.47. The lowest BCUT2D eigenvalue weighted by molar-refractivity contribution is -0.149. The van der Waals surface area contributed by atoms with E-state index >= 15 is 0 Å². The molecule has 0 amide bonds. The highest BCUT2D eigenvalue weighted by Crippen LogP contribution is 2.19. The van der Waals surface area contributed by atoms with Crippen molar-refractivity contribution in [2.75, 3.05) is 32.8 Å². The predicted molar refractivity (Wildman–Crippen MR) is 98.5 cm³/mol. The molecular formula is C19H29N3O3. The molecule has 0 aromatic carbocycles. The normalized spacial score (nSPS) is 15.9. The largest absolute Gasteiger partial charge is 0.469 e. The van der Waals surface area contributed by atoms with E-state index in [0.717, 1.165) is 56.2 Å². The molecule has 0 unspecified atom stereocenters. The molecule has 1 aliphatic heterocycles. The number of piperidine rings is 1. The number of nitrogens with zero attached hydrogens (tertiary/aromatic N) is 2. The Morgan fingerprint density at radius 3 is 2.84 bits per heavy atom. The molecular weight excluding hydrogens is 318 g/mol. The summed E-state index contributed by atoms with van der Waals surface area (Å²) < 4.78 is 10.5. The van der Waals surface area contributed by atoms with Crippen molar-refractivity contribution in [2.24, 2.45) is 10.9 Å². The van der Waals surface area contributed by atoms with E-state index in [1.54, 1.807) is 6.26 Å². The molecule has 0 aliphatic carbocycles. The van der Waals surface area contributed by atoms with E-state index in [9.17, 15) is 4.79 Å². The molecule has 0 saturated carbocycles. The number of guanidine groups is 1. The van der Waals surface area contributed by atoms with Crippen molar-refractivity contribution in [3.05, 3.63) is 36.3 Å². The fourth-order valence-corrected chi connectivity index (χ4v) is 2.82. The van der Waals surface area contributed by atoms with Gasteiger partial charge < -0.3 is 19.4 Å². The van der Waals surface area contributed by atoms with Crippen LogP contribution in [-0.2, 0) is 16.0 Å². The maximum atomic E-state index is 11.9. The number of ether oxygens (including phenoxy) is 1. The molecule has 1 saturated heterocycles. The zero-order valence-electron chi connectivity index (χ0n) is 15.3. The Kier molecular flexibility index (Phi) is 7.57. The Balaban J connectivity index is 1.88. The average molecular weight is 347 g/mol. The summed E-state index contributed by atoms with van der Waals surface area (Å²) in [6, 6.07) is 3.86. The van der Waals surface area contributed by atoms with Gasteiger partial charge in [-0.3, -0.25) is 4.79 Å². The molecule has 1 fully saturated rings. The van der Waals surface area contributed by atoms with Crippen molar-refractivity contribution in [1.29, 1.82) is 0 Å². The molecule has 6 heteroatoms. The summed E-state index contributed by atoms with van der Waals surface area (Å²) in [6.07, 6.45) is 4.08. The molecule has 0 spiro atoms. The van der Waals surface area contributed by atoms with Gasteiger partial charge in [-0.1, -0.05) is 12.2 Å². The van der Waals surface area contributed by atoms with E-state index in [2.05, 4.69) is 21.8 Å². The maximum Gasteiger partial charge on any atom is 0.309 e. The second-order valence-electron chi connectivity index (χ2n) is 6.37. The highest BCUT2D eigenvalue weighted by molar-refractivity contribution is 5.80. The number of esters is 1. The van der Waals surface area contributed by atoms with Crippen LogP contribution in [0.25, 0.3) is 0 Å². The standard InChI is InChI=1S/C19H29N3O3/c1-4-24-18(23)16-8-11-22(12-9-16)19(21-14-15(2)3)20-10-7-17-6-5-13-25-17/h5-6,13,16H,2,4,7-12,14H2,1,3H3,(H,20,21). The molecule has 0 radical (unpaired) electrons. The third-order valence-corrected chi connectivity index (χ3v) is 4.15. The molecule has 25 heavy (non-hydrogen) atoms. The van der Waals surface area contributed by atoms with Gasteiger partial charge in [0.25, 0.3) is 0 Å². The highest BCUT2D eigenvalue weighted by atomic mass is 16.5. The average Bonchev–Trinajstić information content (AvgIpc) is 3.11. The SMILES string of the molecule is C=C(C)CN=C(NCCc1ccco1)N1CCC(C(=O)OCC)CC1. The zero-order valence-corrected chi connectivity index (χ0v) is 15.3. The third-order valence-electron chi connectivity index (χ3n) is 4.15. The first kappa shape index (κ1) is 19.1. The van der Waals surface area contributed by atoms with Crippen molar-refractivity contribution in [3.63, 3.8) is 0 Å². The Labute approximate surface area is 149 Å². The molecule has 0 bridgehead atoms. The molecule has 1 aromatic rings. The molecule has 138 valence electrons. The van der Waals surface area contributed by atoms with Crippen LogP contribution in [0.5, 0.6) is 0 Å². The number of carbonyl (C=O) groups is 1. The molecule has 6 nitrogen and oxygen atoms in total. The fraction of sp³-hybridized carbons (Fsp3) is 0.579. The van der Waals surface area contributed by atoms with Crippen molar-refractivity contribution in [3.8, 4) is 0 Å². The fourth-order valence-electron chi connectivity index (χ4n) is 2.82. The lowest BCUT2D eigenvalue weighted by atomic mass is 9.97. The van der Waals surface area contributed by atoms with Gasteiger partial charge in [0, 0.05) is 26.1 Å². The first-order valence-corrected chi connectivity index (χ1v) is 8.96.